The number of nitrogens with one attached hydrogen (secondary N) is 1. The molecule has 0 spiro atoms. The van der Waals surface area contributed by atoms with Crippen LogP contribution in [0.2, 0.25) is 0 Å². The Balaban J connectivity index is 2.42. The zero-order valence-corrected chi connectivity index (χ0v) is 13.8. The first-order valence-electron chi connectivity index (χ1n) is 8.25. The number of unbranched alkanes of at least 4 members (excludes halogenated alkanes) is 4. The van der Waals surface area contributed by atoms with Crippen LogP contribution in [-0.2, 0) is 4.79 Å². The topological polar surface area (TPSA) is 35.6 Å². The van der Waals surface area contributed by atoms with E-state index in [1.165, 1.54) is 38.5 Å². The summed E-state index contributed by atoms with van der Waals surface area (Å²) in [7, 11) is 3.70. The van der Waals surface area contributed by atoms with Crippen LogP contribution in [0.1, 0.15) is 52.4 Å². The highest BCUT2D eigenvalue weighted by Crippen LogP contribution is 2.16. The summed E-state index contributed by atoms with van der Waals surface area (Å²) in [5.41, 5.74) is 0. The predicted molar refractivity (Wildman–Crippen MR) is 84.9 cm³/mol. The average molecular weight is 283 g/mol. The van der Waals surface area contributed by atoms with Gasteiger partial charge in [0.15, 0.2) is 0 Å². The molecule has 1 rings (SSSR count). The fourth-order valence-corrected chi connectivity index (χ4v) is 2.98. The fraction of sp³-hybridized carbons (Fsp3) is 0.938. The van der Waals surface area contributed by atoms with Gasteiger partial charge >= 0.3 is 0 Å². The number of hydrogen-bond acceptors (Lipinski definition) is 3. The molecule has 1 heterocycles. The normalized spacial score (nSPS) is 21.7. The van der Waals surface area contributed by atoms with Crippen molar-refractivity contribution < 1.29 is 4.79 Å². The van der Waals surface area contributed by atoms with Gasteiger partial charge in [-0.05, 0) is 13.3 Å². The van der Waals surface area contributed by atoms with Crippen LogP contribution in [0.4, 0.5) is 0 Å². The van der Waals surface area contributed by atoms with Crippen LogP contribution in [0.5, 0.6) is 0 Å². The number of hydrogen-bond donors (Lipinski definition) is 1. The van der Waals surface area contributed by atoms with Crippen molar-refractivity contribution >= 4 is 5.91 Å². The van der Waals surface area contributed by atoms with Crippen LogP contribution in [0.3, 0.4) is 0 Å². The van der Waals surface area contributed by atoms with Gasteiger partial charge in [0.25, 0.3) is 0 Å². The minimum atomic E-state index is 0.0180. The molecule has 1 amide bonds. The van der Waals surface area contributed by atoms with Crippen LogP contribution >= 0.6 is 0 Å². The van der Waals surface area contributed by atoms with Crippen molar-refractivity contribution in [3.63, 3.8) is 0 Å². The lowest BCUT2D eigenvalue weighted by molar-refractivity contribution is -0.136. The maximum atomic E-state index is 12.3. The van der Waals surface area contributed by atoms with Crippen LogP contribution in [0.15, 0.2) is 0 Å². The zero-order chi connectivity index (χ0) is 15.0. The molecule has 0 radical (unpaired) electrons. The molecular formula is C16H33N3O. The lowest BCUT2D eigenvalue weighted by Crippen LogP contribution is -2.59. The number of likely N-dealkylation sites (N-methyl/N-ethyl adjacent to an activating group) is 1. The second-order valence-electron chi connectivity index (χ2n) is 6.24. The molecule has 1 aliphatic heterocycles. The maximum absolute atomic E-state index is 12.3. The molecule has 1 fully saturated rings. The molecule has 1 aliphatic rings. The summed E-state index contributed by atoms with van der Waals surface area (Å²) in [6.07, 6.45) is 7.83. The Hall–Kier alpha value is -0.610. The second-order valence-corrected chi connectivity index (χ2v) is 6.24. The van der Waals surface area contributed by atoms with Gasteiger partial charge in [0.2, 0.25) is 5.91 Å². The summed E-state index contributed by atoms with van der Waals surface area (Å²) < 4.78 is 0. The van der Waals surface area contributed by atoms with Crippen molar-refractivity contribution in [1.29, 1.82) is 0 Å². The highest BCUT2D eigenvalue weighted by molar-refractivity contribution is 5.81. The molecule has 118 valence electrons. The van der Waals surface area contributed by atoms with Crippen molar-refractivity contribution in [1.82, 2.24) is 15.1 Å². The molecule has 1 N–H and O–H groups in total. The van der Waals surface area contributed by atoms with Gasteiger partial charge < -0.3 is 10.2 Å². The summed E-state index contributed by atoms with van der Waals surface area (Å²) in [6, 6.07) is 0.525. The highest BCUT2D eigenvalue weighted by atomic mass is 16.2. The van der Waals surface area contributed by atoms with E-state index < -0.39 is 0 Å². The Morgan fingerprint density at radius 1 is 1.30 bits per heavy atom. The lowest BCUT2D eigenvalue weighted by Gasteiger charge is -2.40. The van der Waals surface area contributed by atoms with Gasteiger partial charge in [-0.15, -0.1) is 0 Å². The van der Waals surface area contributed by atoms with Gasteiger partial charge in [-0.3, -0.25) is 9.69 Å². The van der Waals surface area contributed by atoms with Crippen molar-refractivity contribution in [2.24, 2.45) is 0 Å². The molecule has 0 aromatic heterocycles. The van der Waals surface area contributed by atoms with E-state index in [2.05, 4.69) is 24.1 Å². The minimum Gasteiger partial charge on any atom is -0.347 e. The van der Waals surface area contributed by atoms with E-state index in [1.54, 1.807) is 4.90 Å². The van der Waals surface area contributed by atoms with Gasteiger partial charge in [0.1, 0.15) is 6.04 Å². The van der Waals surface area contributed by atoms with E-state index in [9.17, 15) is 4.79 Å². The van der Waals surface area contributed by atoms with Gasteiger partial charge in [-0.25, -0.2) is 0 Å². The second kappa shape index (κ2) is 9.35. The predicted octanol–water partition coefficient (Wildman–Crippen LogP) is 2.10. The van der Waals surface area contributed by atoms with Gasteiger partial charge in [-0.1, -0.05) is 39.0 Å². The monoisotopic (exact) mass is 283 g/mol. The Bertz CT molecular complexity index is 281. The minimum absolute atomic E-state index is 0.0180. The first-order valence-corrected chi connectivity index (χ1v) is 8.25. The van der Waals surface area contributed by atoms with Gasteiger partial charge in [0, 0.05) is 39.8 Å². The highest BCUT2D eigenvalue weighted by Gasteiger charge is 2.32. The third-order valence-corrected chi connectivity index (χ3v) is 4.30. The molecule has 1 saturated heterocycles. The Morgan fingerprint density at radius 2 is 2.00 bits per heavy atom. The van der Waals surface area contributed by atoms with Crippen molar-refractivity contribution in [2.75, 3.05) is 33.7 Å². The number of rotatable bonds is 8. The van der Waals surface area contributed by atoms with Crippen LogP contribution in [0, 0.1) is 0 Å². The SMILES string of the molecule is CCCCCCCC(C)N1CCNCC1C(=O)N(C)C. The summed E-state index contributed by atoms with van der Waals surface area (Å²) >= 11 is 0. The number of carbonyl (C=O) groups excluding carboxylic acids is 1. The van der Waals surface area contributed by atoms with Crippen molar-refractivity contribution in [3.8, 4) is 0 Å². The molecule has 4 nitrogen and oxygen atoms in total. The van der Waals surface area contributed by atoms with E-state index in [4.69, 9.17) is 0 Å². The molecular weight excluding hydrogens is 250 g/mol. The smallest absolute Gasteiger partial charge is 0.240 e. The summed E-state index contributed by atoms with van der Waals surface area (Å²) in [4.78, 5) is 16.4. The fourth-order valence-electron chi connectivity index (χ4n) is 2.98. The van der Waals surface area contributed by atoms with Crippen molar-refractivity contribution in [2.45, 2.75) is 64.5 Å². The molecule has 0 aromatic carbocycles. The zero-order valence-electron chi connectivity index (χ0n) is 13.8. The lowest BCUT2D eigenvalue weighted by atomic mass is 10.0. The average Bonchev–Trinajstić information content (AvgIpc) is 2.46. The standard InChI is InChI=1S/C16H33N3O/c1-5-6-7-8-9-10-14(2)19-12-11-17-13-15(19)16(20)18(3)4/h14-15,17H,5-13H2,1-4H3. The molecule has 0 saturated carbocycles. The Labute approximate surface area is 124 Å². The van der Waals surface area contributed by atoms with E-state index in [1.807, 2.05) is 14.1 Å². The Morgan fingerprint density at radius 3 is 2.65 bits per heavy atom. The Kier molecular flexibility index (Phi) is 8.15. The number of nitrogens with zero attached hydrogens (tertiary/aromatic N) is 2. The van der Waals surface area contributed by atoms with E-state index in [0.717, 1.165) is 19.6 Å². The first-order chi connectivity index (χ1) is 9.57. The third-order valence-electron chi connectivity index (χ3n) is 4.30. The van der Waals surface area contributed by atoms with Gasteiger partial charge in [-0.2, -0.15) is 0 Å². The molecule has 0 bridgehead atoms. The van der Waals surface area contributed by atoms with Crippen LogP contribution in [-0.4, -0.2) is 61.5 Å². The van der Waals surface area contributed by atoms with Gasteiger partial charge in [0.05, 0.1) is 0 Å². The molecule has 20 heavy (non-hydrogen) atoms. The molecule has 0 aromatic rings. The summed E-state index contributed by atoms with van der Waals surface area (Å²) in [5, 5.41) is 3.35. The van der Waals surface area contributed by atoms with Crippen LogP contribution in [0.25, 0.3) is 0 Å². The van der Waals surface area contributed by atoms with E-state index >= 15 is 0 Å². The molecule has 4 heteroatoms. The quantitative estimate of drug-likeness (QED) is 0.693. The maximum Gasteiger partial charge on any atom is 0.240 e. The number of piperazine rings is 1. The third kappa shape index (κ3) is 5.41. The first kappa shape index (κ1) is 17.4. The van der Waals surface area contributed by atoms with Crippen LogP contribution < -0.4 is 5.32 Å². The van der Waals surface area contributed by atoms with E-state index in [0.29, 0.717) is 6.04 Å². The van der Waals surface area contributed by atoms with Crippen molar-refractivity contribution in [3.05, 3.63) is 0 Å². The summed E-state index contributed by atoms with van der Waals surface area (Å²) in [5.74, 6) is 0.232. The molecule has 2 unspecified atom stereocenters. The number of carbonyl (C=O) groups is 1. The largest absolute Gasteiger partial charge is 0.347 e. The van der Waals surface area contributed by atoms with E-state index in [-0.39, 0.29) is 11.9 Å². The number of amides is 1. The summed E-state index contributed by atoms with van der Waals surface area (Å²) in [6.45, 7) is 7.30. The molecule has 2 atom stereocenters. The molecule has 0 aliphatic carbocycles.